The molecule has 9 heteroatoms. The summed E-state index contributed by atoms with van der Waals surface area (Å²) in [6.45, 7) is 0. The number of nitrogens with one attached hydrogen (secondary N) is 1. The minimum Gasteiger partial charge on any atom is -0.496 e. The van der Waals surface area contributed by atoms with Gasteiger partial charge in [-0.1, -0.05) is 11.6 Å². The van der Waals surface area contributed by atoms with Gasteiger partial charge in [0.15, 0.2) is 0 Å². The van der Waals surface area contributed by atoms with Crippen LogP contribution in [-0.2, 0) is 4.79 Å². The van der Waals surface area contributed by atoms with Crippen LogP contribution >= 0.6 is 11.6 Å². The minimum absolute atomic E-state index is 0.0840. The molecular formula is C10H7ClF3NO4. The molecule has 2 N–H and O–H groups in total. The van der Waals surface area contributed by atoms with Crippen molar-refractivity contribution in [3.05, 3.63) is 22.7 Å². The van der Waals surface area contributed by atoms with Gasteiger partial charge >= 0.3 is 18.1 Å². The molecule has 19 heavy (non-hydrogen) atoms. The summed E-state index contributed by atoms with van der Waals surface area (Å²) in [6.07, 6.45) is -5.15. The first-order chi connectivity index (χ1) is 8.66. The molecule has 0 fully saturated rings. The third-order valence-corrected chi connectivity index (χ3v) is 2.22. The highest BCUT2D eigenvalue weighted by Gasteiger charge is 2.39. The second-order valence-electron chi connectivity index (χ2n) is 3.29. The quantitative estimate of drug-likeness (QED) is 0.899. The van der Waals surface area contributed by atoms with Crippen molar-refractivity contribution in [2.75, 3.05) is 12.4 Å². The molecule has 0 heterocycles. The molecule has 0 aliphatic rings. The van der Waals surface area contributed by atoms with Crippen molar-refractivity contribution in [1.29, 1.82) is 0 Å². The number of carboxylic acid groups (broad SMARTS) is 1. The first-order valence-corrected chi connectivity index (χ1v) is 5.03. The molecule has 0 saturated heterocycles. The molecular weight excluding hydrogens is 291 g/mol. The molecule has 0 aliphatic heterocycles. The van der Waals surface area contributed by atoms with Crippen molar-refractivity contribution in [2.45, 2.75) is 6.18 Å². The number of benzene rings is 1. The zero-order valence-electron chi connectivity index (χ0n) is 9.34. The van der Waals surface area contributed by atoms with Crippen LogP contribution in [0.4, 0.5) is 18.9 Å². The number of carbonyl (C=O) groups excluding carboxylic acids is 1. The van der Waals surface area contributed by atoms with Gasteiger partial charge in [-0.05, 0) is 12.1 Å². The Morgan fingerprint density at radius 3 is 2.37 bits per heavy atom. The van der Waals surface area contributed by atoms with Crippen LogP contribution < -0.4 is 10.1 Å². The normalized spacial score (nSPS) is 11.0. The first-order valence-electron chi connectivity index (χ1n) is 4.65. The number of aromatic carboxylic acids is 1. The van der Waals surface area contributed by atoms with Gasteiger partial charge in [0.2, 0.25) is 0 Å². The first kappa shape index (κ1) is 15.1. The van der Waals surface area contributed by atoms with Gasteiger partial charge in [-0.25, -0.2) is 4.79 Å². The number of hydrogen-bond donors (Lipinski definition) is 2. The van der Waals surface area contributed by atoms with Crippen LogP contribution in [0.5, 0.6) is 5.75 Å². The number of carboxylic acids is 1. The number of methoxy groups -OCH3 is 1. The van der Waals surface area contributed by atoms with Gasteiger partial charge in [-0.2, -0.15) is 13.2 Å². The number of ether oxygens (including phenoxy) is 1. The molecule has 1 amide bonds. The Morgan fingerprint density at radius 2 is 1.95 bits per heavy atom. The third-order valence-electron chi connectivity index (χ3n) is 2.01. The van der Waals surface area contributed by atoms with Crippen LogP contribution in [-0.4, -0.2) is 30.3 Å². The summed E-state index contributed by atoms with van der Waals surface area (Å²) in [4.78, 5) is 21.8. The Hall–Kier alpha value is -1.96. The highest BCUT2D eigenvalue weighted by atomic mass is 35.5. The molecule has 1 rings (SSSR count). The van der Waals surface area contributed by atoms with Gasteiger partial charge in [-0.15, -0.1) is 0 Å². The maximum atomic E-state index is 12.1. The van der Waals surface area contributed by atoms with Crippen LogP contribution in [0.1, 0.15) is 10.4 Å². The maximum Gasteiger partial charge on any atom is 0.471 e. The van der Waals surface area contributed by atoms with Gasteiger partial charge in [0.25, 0.3) is 0 Å². The van der Waals surface area contributed by atoms with E-state index in [-0.39, 0.29) is 10.8 Å². The lowest BCUT2D eigenvalue weighted by atomic mass is 10.1. The second-order valence-corrected chi connectivity index (χ2v) is 3.72. The zero-order chi connectivity index (χ0) is 14.8. The summed E-state index contributed by atoms with van der Waals surface area (Å²) in [5.41, 5.74) is -1.22. The summed E-state index contributed by atoms with van der Waals surface area (Å²) in [5, 5.41) is 10.3. The van der Waals surface area contributed by atoms with Crippen molar-refractivity contribution >= 4 is 29.2 Å². The highest BCUT2D eigenvalue weighted by molar-refractivity contribution is 6.31. The molecule has 0 aliphatic carbocycles. The number of alkyl halides is 3. The van der Waals surface area contributed by atoms with E-state index in [1.165, 1.54) is 5.32 Å². The van der Waals surface area contributed by atoms with Crippen LogP contribution in [0.3, 0.4) is 0 Å². The number of hydrogen-bond acceptors (Lipinski definition) is 3. The van der Waals surface area contributed by atoms with E-state index in [1.807, 2.05) is 0 Å². The van der Waals surface area contributed by atoms with E-state index in [4.69, 9.17) is 21.4 Å². The number of rotatable bonds is 3. The molecule has 0 radical (unpaired) electrons. The molecule has 1 aromatic rings. The van der Waals surface area contributed by atoms with Gasteiger partial charge in [0, 0.05) is 5.02 Å². The summed E-state index contributed by atoms with van der Waals surface area (Å²) in [7, 11) is 1.12. The van der Waals surface area contributed by atoms with Gasteiger partial charge < -0.3 is 15.2 Å². The summed E-state index contributed by atoms with van der Waals surface area (Å²) in [6, 6.07) is 1.99. The SMILES string of the molecule is COc1cc(Cl)cc(NC(=O)C(F)(F)F)c1C(=O)O. The van der Waals surface area contributed by atoms with Crippen molar-refractivity contribution in [1.82, 2.24) is 0 Å². The summed E-state index contributed by atoms with van der Waals surface area (Å²) < 4.78 is 41.1. The van der Waals surface area contributed by atoms with E-state index >= 15 is 0 Å². The smallest absolute Gasteiger partial charge is 0.471 e. The predicted molar refractivity (Wildman–Crippen MR) is 59.6 cm³/mol. The van der Waals surface area contributed by atoms with Crippen molar-refractivity contribution < 1.29 is 32.6 Å². The van der Waals surface area contributed by atoms with Gasteiger partial charge in [-0.3, -0.25) is 4.79 Å². The van der Waals surface area contributed by atoms with E-state index in [2.05, 4.69) is 0 Å². The Bertz CT molecular complexity index is 530. The Balaban J connectivity index is 3.30. The Kier molecular flexibility index (Phi) is 4.25. The molecule has 0 aromatic heterocycles. The van der Waals surface area contributed by atoms with E-state index in [0.29, 0.717) is 0 Å². The van der Waals surface area contributed by atoms with Crippen molar-refractivity contribution in [2.24, 2.45) is 0 Å². The standard InChI is InChI=1S/C10H7ClF3NO4/c1-19-6-3-4(11)2-5(7(6)8(16)17)15-9(18)10(12,13)14/h2-3H,1H3,(H,15,18)(H,16,17). The lowest BCUT2D eigenvalue weighted by molar-refractivity contribution is -0.167. The van der Waals surface area contributed by atoms with E-state index in [9.17, 15) is 22.8 Å². The molecule has 0 atom stereocenters. The fourth-order valence-electron chi connectivity index (χ4n) is 1.26. The maximum absolute atomic E-state index is 12.1. The van der Waals surface area contributed by atoms with Gasteiger partial charge in [0.05, 0.1) is 12.8 Å². The summed E-state index contributed by atoms with van der Waals surface area (Å²) in [5.74, 6) is -4.14. The minimum atomic E-state index is -5.15. The average Bonchev–Trinajstić information content (AvgIpc) is 2.26. The molecule has 5 nitrogen and oxygen atoms in total. The molecule has 1 aromatic carbocycles. The lowest BCUT2D eigenvalue weighted by Crippen LogP contribution is -2.30. The fourth-order valence-corrected chi connectivity index (χ4v) is 1.46. The molecule has 0 bridgehead atoms. The van der Waals surface area contributed by atoms with E-state index < -0.39 is 29.3 Å². The Labute approximate surface area is 109 Å². The third kappa shape index (κ3) is 3.50. The molecule has 0 unspecified atom stereocenters. The molecule has 0 spiro atoms. The molecule has 104 valence electrons. The van der Waals surface area contributed by atoms with Crippen LogP contribution in [0.15, 0.2) is 12.1 Å². The average molecular weight is 298 g/mol. The number of carbonyl (C=O) groups is 2. The lowest BCUT2D eigenvalue weighted by Gasteiger charge is -2.13. The summed E-state index contributed by atoms with van der Waals surface area (Å²) >= 11 is 5.60. The highest BCUT2D eigenvalue weighted by Crippen LogP contribution is 2.32. The number of anilines is 1. The fraction of sp³-hybridized carbons (Fsp3) is 0.200. The number of halogens is 4. The van der Waals surface area contributed by atoms with Gasteiger partial charge in [0.1, 0.15) is 11.3 Å². The van der Waals surface area contributed by atoms with Crippen molar-refractivity contribution in [3.63, 3.8) is 0 Å². The van der Waals surface area contributed by atoms with Crippen LogP contribution in [0, 0.1) is 0 Å². The zero-order valence-corrected chi connectivity index (χ0v) is 10.1. The van der Waals surface area contributed by atoms with Crippen LogP contribution in [0.25, 0.3) is 0 Å². The van der Waals surface area contributed by atoms with E-state index in [1.54, 1.807) is 0 Å². The van der Waals surface area contributed by atoms with E-state index in [0.717, 1.165) is 19.2 Å². The van der Waals surface area contributed by atoms with Crippen molar-refractivity contribution in [3.8, 4) is 5.75 Å². The monoisotopic (exact) mass is 297 g/mol. The Morgan fingerprint density at radius 1 is 1.37 bits per heavy atom. The molecule has 0 saturated carbocycles. The predicted octanol–water partition coefficient (Wildman–Crippen LogP) is 2.55. The number of amides is 1. The topological polar surface area (TPSA) is 75.6 Å². The van der Waals surface area contributed by atoms with Crippen LogP contribution in [0.2, 0.25) is 5.02 Å². The largest absolute Gasteiger partial charge is 0.496 e. The second kappa shape index (κ2) is 5.35.